The van der Waals surface area contributed by atoms with Crippen molar-refractivity contribution in [2.75, 3.05) is 13.3 Å². The molecule has 29 heavy (non-hydrogen) atoms. The van der Waals surface area contributed by atoms with Crippen LogP contribution in [0.1, 0.15) is 5.56 Å². The molecule has 2 aromatic heterocycles. The van der Waals surface area contributed by atoms with E-state index in [1.54, 1.807) is 37.5 Å². The molecule has 1 N–H and O–H groups in total. The maximum atomic E-state index is 13.1. The summed E-state index contributed by atoms with van der Waals surface area (Å²) in [5, 5.41) is 3.00. The van der Waals surface area contributed by atoms with Gasteiger partial charge in [0.25, 0.3) is 10.0 Å². The third kappa shape index (κ3) is 5.37. The first-order chi connectivity index (χ1) is 12.7. The van der Waals surface area contributed by atoms with Gasteiger partial charge in [-0.15, -0.1) is 24.8 Å². The Morgan fingerprint density at radius 2 is 1.66 bits per heavy atom. The molecule has 1 aromatic carbocycles. The number of benzene rings is 1. The molecule has 0 saturated carbocycles. The van der Waals surface area contributed by atoms with Crippen LogP contribution in [0.4, 0.5) is 0 Å². The van der Waals surface area contributed by atoms with Crippen LogP contribution in [0.25, 0.3) is 11.3 Å². The quantitative estimate of drug-likeness (QED) is 0.585. The van der Waals surface area contributed by atoms with Gasteiger partial charge in [-0.05, 0) is 48.5 Å². The Morgan fingerprint density at radius 1 is 1.00 bits per heavy atom. The Balaban J connectivity index is 0.00000210. The van der Waals surface area contributed by atoms with Crippen molar-refractivity contribution < 1.29 is 16.8 Å². The molecule has 2 heterocycles. The van der Waals surface area contributed by atoms with Crippen molar-refractivity contribution >= 4 is 44.7 Å². The molecule has 0 unspecified atom stereocenters. The summed E-state index contributed by atoms with van der Waals surface area (Å²) in [5.74, 6) is 0. The van der Waals surface area contributed by atoms with E-state index in [2.05, 4.69) is 10.3 Å². The van der Waals surface area contributed by atoms with Gasteiger partial charge in [0.05, 0.1) is 10.6 Å². The van der Waals surface area contributed by atoms with Gasteiger partial charge in [-0.1, -0.05) is 12.1 Å². The highest BCUT2D eigenvalue weighted by Crippen LogP contribution is 2.28. The fourth-order valence-corrected chi connectivity index (χ4v) is 4.69. The van der Waals surface area contributed by atoms with Crippen molar-refractivity contribution in [3.05, 3.63) is 66.6 Å². The van der Waals surface area contributed by atoms with E-state index in [9.17, 15) is 16.8 Å². The molecule has 0 radical (unpaired) electrons. The Kier molecular flexibility index (Phi) is 8.43. The van der Waals surface area contributed by atoms with E-state index < -0.39 is 19.9 Å². The monoisotopic (exact) mass is 477 g/mol. The summed E-state index contributed by atoms with van der Waals surface area (Å²) in [6.07, 6.45) is 5.48. The fraction of sp³-hybridized carbons (Fsp3) is 0.167. The molecule has 0 amide bonds. The molecule has 11 heteroatoms. The minimum Gasteiger partial charge on any atom is -0.316 e. The van der Waals surface area contributed by atoms with E-state index in [0.29, 0.717) is 17.8 Å². The highest BCUT2D eigenvalue weighted by molar-refractivity contribution is 7.90. The Morgan fingerprint density at radius 3 is 2.17 bits per heavy atom. The zero-order chi connectivity index (χ0) is 19.7. The Hall–Kier alpha value is -1.91. The number of hydrogen-bond donors (Lipinski definition) is 1. The first kappa shape index (κ1) is 25.1. The first-order valence-corrected chi connectivity index (χ1v) is 11.4. The van der Waals surface area contributed by atoms with Gasteiger partial charge in [0, 0.05) is 31.4 Å². The van der Waals surface area contributed by atoms with E-state index in [-0.39, 0.29) is 34.6 Å². The van der Waals surface area contributed by atoms with Crippen molar-refractivity contribution in [3.8, 4) is 11.3 Å². The van der Waals surface area contributed by atoms with E-state index in [1.165, 1.54) is 34.6 Å². The molecule has 0 spiro atoms. The van der Waals surface area contributed by atoms with Crippen molar-refractivity contribution in [1.29, 1.82) is 0 Å². The second kappa shape index (κ2) is 9.73. The van der Waals surface area contributed by atoms with Crippen molar-refractivity contribution in [3.63, 3.8) is 0 Å². The third-order valence-corrected chi connectivity index (χ3v) is 6.78. The molecule has 3 aromatic rings. The average molecular weight is 478 g/mol. The van der Waals surface area contributed by atoms with Gasteiger partial charge >= 0.3 is 0 Å². The van der Waals surface area contributed by atoms with E-state index in [0.717, 1.165) is 11.8 Å². The molecular formula is C18H21Cl2N3O4S2. The van der Waals surface area contributed by atoms with Gasteiger partial charge in [-0.3, -0.25) is 4.98 Å². The summed E-state index contributed by atoms with van der Waals surface area (Å²) in [6, 6.07) is 10.9. The number of aromatic nitrogens is 2. The molecule has 0 aliphatic heterocycles. The molecule has 3 rings (SSSR count). The summed E-state index contributed by atoms with van der Waals surface area (Å²) in [7, 11) is -5.40. The van der Waals surface area contributed by atoms with Crippen molar-refractivity contribution in [2.45, 2.75) is 16.3 Å². The summed E-state index contributed by atoms with van der Waals surface area (Å²) in [4.78, 5) is 4.14. The lowest BCUT2D eigenvalue weighted by atomic mass is 10.1. The topological polar surface area (TPSA) is 98.1 Å². The molecule has 0 saturated heterocycles. The average Bonchev–Trinajstić information content (AvgIpc) is 3.07. The lowest BCUT2D eigenvalue weighted by Crippen LogP contribution is -2.13. The van der Waals surface area contributed by atoms with Crippen LogP contribution in [0.3, 0.4) is 0 Å². The molecule has 0 aliphatic rings. The molecule has 158 valence electrons. The SMILES string of the molecule is CNCc1cc(-c2ccc(S(C)(=O)=O)cc2)n(S(=O)(=O)c2cccnc2)c1.Cl.Cl. The van der Waals surface area contributed by atoms with Gasteiger partial charge < -0.3 is 5.32 Å². The number of rotatable bonds is 6. The predicted molar refractivity (Wildman–Crippen MR) is 117 cm³/mol. The second-order valence-electron chi connectivity index (χ2n) is 6.05. The van der Waals surface area contributed by atoms with Gasteiger partial charge in [0.1, 0.15) is 4.90 Å². The van der Waals surface area contributed by atoms with Crippen LogP contribution in [-0.4, -0.2) is 39.1 Å². The maximum Gasteiger partial charge on any atom is 0.269 e. The van der Waals surface area contributed by atoms with Crippen molar-refractivity contribution in [1.82, 2.24) is 14.3 Å². The lowest BCUT2D eigenvalue weighted by molar-refractivity contribution is 0.587. The van der Waals surface area contributed by atoms with E-state index >= 15 is 0 Å². The number of sulfone groups is 1. The normalized spacial score (nSPS) is 11.4. The van der Waals surface area contributed by atoms with Crippen LogP contribution in [0.5, 0.6) is 0 Å². The van der Waals surface area contributed by atoms with Crippen LogP contribution in [-0.2, 0) is 26.4 Å². The van der Waals surface area contributed by atoms with Gasteiger partial charge in [0.2, 0.25) is 0 Å². The standard InChI is InChI=1S/C18H19N3O4S2.2ClH/c1-19-11-14-10-18(15-5-7-16(8-6-15)26(2,22)23)21(13-14)27(24,25)17-4-3-9-20-12-17;;/h3-10,12-13,19H,11H2,1-2H3;2*1H. The minimum atomic E-state index is -3.85. The van der Waals surface area contributed by atoms with Crippen LogP contribution in [0, 0.1) is 0 Å². The predicted octanol–water partition coefficient (Wildman–Crippen LogP) is 2.75. The molecule has 0 aliphatic carbocycles. The van der Waals surface area contributed by atoms with E-state index in [4.69, 9.17) is 0 Å². The lowest BCUT2D eigenvalue weighted by Gasteiger charge is -2.10. The molecule has 7 nitrogen and oxygen atoms in total. The molecule has 0 atom stereocenters. The van der Waals surface area contributed by atoms with Gasteiger partial charge in [-0.2, -0.15) is 0 Å². The number of nitrogens with one attached hydrogen (secondary N) is 1. The van der Waals surface area contributed by atoms with Crippen LogP contribution in [0.2, 0.25) is 0 Å². The fourth-order valence-electron chi connectivity index (χ4n) is 2.69. The van der Waals surface area contributed by atoms with Crippen LogP contribution >= 0.6 is 24.8 Å². The number of halogens is 2. The summed E-state index contributed by atoms with van der Waals surface area (Å²) >= 11 is 0. The van der Waals surface area contributed by atoms with Crippen molar-refractivity contribution in [2.24, 2.45) is 0 Å². The zero-order valence-electron chi connectivity index (χ0n) is 15.6. The van der Waals surface area contributed by atoms with Crippen LogP contribution in [0.15, 0.2) is 70.8 Å². The smallest absolute Gasteiger partial charge is 0.269 e. The first-order valence-electron chi connectivity index (χ1n) is 8.05. The Bertz CT molecular complexity index is 1160. The van der Waals surface area contributed by atoms with Crippen LogP contribution < -0.4 is 5.32 Å². The minimum absolute atomic E-state index is 0. The number of hydrogen-bond acceptors (Lipinski definition) is 6. The molecule has 0 bridgehead atoms. The largest absolute Gasteiger partial charge is 0.316 e. The molecular weight excluding hydrogens is 457 g/mol. The third-order valence-electron chi connectivity index (χ3n) is 3.99. The number of pyridine rings is 1. The Labute approximate surface area is 183 Å². The summed E-state index contributed by atoms with van der Waals surface area (Å²) in [5.41, 5.74) is 1.83. The van der Waals surface area contributed by atoms with E-state index in [1.807, 2.05) is 0 Å². The number of nitrogens with zero attached hydrogens (tertiary/aromatic N) is 2. The molecule has 0 fully saturated rings. The van der Waals surface area contributed by atoms with Gasteiger partial charge in [-0.25, -0.2) is 20.8 Å². The maximum absolute atomic E-state index is 13.1. The second-order valence-corrected chi connectivity index (χ2v) is 9.88. The zero-order valence-corrected chi connectivity index (χ0v) is 18.9. The summed E-state index contributed by atoms with van der Waals surface area (Å²) < 4.78 is 50.7. The van der Waals surface area contributed by atoms with Gasteiger partial charge in [0.15, 0.2) is 9.84 Å². The highest BCUT2D eigenvalue weighted by atomic mass is 35.5. The highest BCUT2D eigenvalue weighted by Gasteiger charge is 2.22. The summed E-state index contributed by atoms with van der Waals surface area (Å²) in [6.45, 7) is 0.490.